The zero-order chi connectivity index (χ0) is 14.6. The highest BCUT2D eigenvalue weighted by atomic mass is 32.1. The van der Waals surface area contributed by atoms with Crippen LogP contribution in [0.15, 0.2) is 6.07 Å². The van der Waals surface area contributed by atoms with Crippen LogP contribution < -0.4 is 0 Å². The smallest absolute Gasteiger partial charge is 0.140 e. The lowest BCUT2D eigenvalue weighted by molar-refractivity contribution is -0.0839. The molecule has 1 heterocycles. The first-order chi connectivity index (χ1) is 9.59. The fourth-order valence-electron chi connectivity index (χ4n) is 3.08. The molecule has 1 aliphatic carbocycles. The molecule has 0 spiro atoms. The van der Waals surface area contributed by atoms with Crippen molar-refractivity contribution in [2.75, 3.05) is 6.61 Å². The van der Waals surface area contributed by atoms with Crippen LogP contribution >= 0.6 is 12.2 Å². The minimum atomic E-state index is -0.251. The van der Waals surface area contributed by atoms with Gasteiger partial charge in [-0.05, 0) is 51.0 Å². The molecular weight excluding hydrogens is 268 g/mol. The predicted molar refractivity (Wildman–Crippen MR) is 84.4 cm³/mol. The summed E-state index contributed by atoms with van der Waals surface area (Å²) in [6.07, 6.45) is 6.58. The molecule has 112 valence electrons. The van der Waals surface area contributed by atoms with Crippen molar-refractivity contribution in [3.8, 4) is 0 Å². The molecule has 0 aliphatic heterocycles. The Morgan fingerprint density at radius 1 is 1.40 bits per heavy atom. The van der Waals surface area contributed by atoms with Gasteiger partial charge in [0.05, 0.1) is 0 Å². The van der Waals surface area contributed by atoms with Crippen molar-refractivity contribution in [2.45, 2.75) is 64.9 Å². The third kappa shape index (κ3) is 3.47. The molecule has 0 bridgehead atoms. The van der Waals surface area contributed by atoms with E-state index in [-0.39, 0.29) is 5.60 Å². The van der Waals surface area contributed by atoms with Gasteiger partial charge >= 0.3 is 0 Å². The second-order valence-electron chi connectivity index (χ2n) is 5.95. The average Bonchev–Trinajstić information content (AvgIpc) is 2.42. The first-order valence-electron chi connectivity index (χ1n) is 7.84. The van der Waals surface area contributed by atoms with E-state index in [4.69, 9.17) is 17.0 Å². The largest absolute Gasteiger partial charge is 0.367 e. The summed E-state index contributed by atoms with van der Waals surface area (Å²) in [6.45, 7) is 7.27. The molecule has 1 aliphatic rings. The standard InChI is InChI=1S/C16H26N2OS/c1-4-6-13-11-14(20)18-15(17-13)16(19-5-2)9-7-12(3)8-10-16/h11-12H,4-10H2,1-3H3,(H,17,18,20). The number of rotatable bonds is 5. The van der Waals surface area contributed by atoms with Gasteiger partial charge < -0.3 is 9.72 Å². The molecule has 0 radical (unpaired) electrons. The van der Waals surface area contributed by atoms with E-state index in [1.54, 1.807) is 0 Å². The number of H-pyrrole nitrogens is 1. The van der Waals surface area contributed by atoms with Gasteiger partial charge in [-0.3, -0.25) is 0 Å². The fraction of sp³-hybridized carbons (Fsp3) is 0.750. The minimum Gasteiger partial charge on any atom is -0.367 e. The molecule has 1 saturated carbocycles. The predicted octanol–water partition coefficient (Wildman–Crippen LogP) is 4.53. The summed E-state index contributed by atoms with van der Waals surface area (Å²) in [5.41, 5.74) is 0.929. The molecule has 1 fully saturated rings. The van der Waals surface area contributed by atoms with E-state index in [0.29, 0.717) is 11.2 Å². The summed E-state index contributed by atoms with van der Waals surface area (Å²) in [4.78, 5) is 8.08. The van der Waals surface area contributed by atoms with Crippen LogP contribution in [0.3, 0.4) is 0 Å². The van der Waals surface area contributed by atoms with Crippen LogP contribution in [-0.4, -0.2) is 16.6 Å². The Balaban J connectivity index is 2.36. The first-order valence-corrected chi connectivity index (χ1v) is 8.25. The van der Waals surface area contributed by atoms with Crippen LogP contribution in [0.25, 0.3) is 0 Å². The Hall–Kier alpha value is -0.740. The van der Waals surface area contributed by atoms with Gasteiger partial charge in [0.25, 0.3) is 0 Å². The second-order valence-corrected chi connectivity index (χ2v) is 6.37. The van der Waals surface area contributed by atoms with E-state index in [1.807, 2.05) is 6.07 Å². The number of nitrogens with one attached hydrogen (secondary N) is 1. The lowest BCUT2D eigenvalue weighted by Crippen LogP contribution is -2.36. The summed E-state index contributed by atoms with van der Waals surface area (Å²) in [5.74, 6) is 1.73. The first kappa shape index (κ1) is 15.6. The molecule has 0 amide bonds. The Labute approximate surface area is 127 Å². The van der Waals surface area contributed by atoms with E-state index in [2.05, 4.69) is 30.7 Å². The van der Waals surface area contributed by atoms with Crippen molar-refractivity contribution in [2.24, 2.45) is 5.92 Å². The summed E-state index contributed by atoms with van der Waals surface area (Å²) in [5, 5.41) is 0. The molecule has 20 heavy (non-hydrogen) atoms. The monoisotopic (exact) mass is 294 g/mol. The van der Waals surface area contributed by atoms with Crippen molar-refractivity contribution in [1.29, 1.82) is 0 Å². The SMILES string of the molecule is CCCc1cc(=S)nc(C2(OCC)CCC(C)CC2)[nH]1. The number of nitrogens with zero attached hydrogens (tertiary/aromatic N) is 1. The zero-order valence-electron chi connectivity index (χ0n) is 12.9. The van der Waals surface area contributed by atoms with Gasteiger partial charge in [-0.1, -0.05) is 32.5 Å². The Bertz CT molecular complexity index is 489. The molecule has 0 aromatic carbocycles. The molecule has 0 unspecified atom stereocenters. The van der Waals surface area contributed by atoms with Crippen LogP contribution in [0.1, 0.15) is 64.4 Å². The number of aryl methyl sites for hydroxylation is 1. The summed E-state index contributed by atoms with van der Waals surface area (Å²) in [6, 6.07) is 1.98. The number of aromatic amines is 1. The van der Waals surface area contributed by atoms with E-state index in [9.17, 15) is 0 Å². The molecule has 0 atom stereocenters. The molecule has 1 aromatic rings. The maximum atomic E-state index is 6.15. The number of ether oxygens (including phenoxy) is 1. The van der Waals surface area contributed by atoms with E-state index in [1.165, 1.54) is 18.5 Å². The third-order valence-corrected chi connectivity index (χ3v) is 4.46. The molecular formula is C16H26N2OS. The highest BCUT2D eigenvalue weighted by Crippen LogP contribution is 2.41. The van der Waals surface area contributed by atoms with Gasteiger partial charge in [0, 0.05) is 12.3 Å². The highest BCUT2D eigenvalue weighted by molar-refractivity contribution is 7.71. The second kappa shape index (κ2) is 6.81. The van der Waals surface area contributed by atoms with Gasteiger partial charge in [-0.25, -0.2) is 4.98 Å². The number of hydrogen-bond acceptors (Lipinski definition) is 3. The minimum absolute atomic E-state index is 0.251. The lowest BCUT2D eigenvalue weighted by atomic mass is 9.78. The number of aromatic nitrogens is 2. The van der Waals surface area contributed by atoms with Crippen molar-refractivity contribution < 1.29 is 4.74 Å². The zero-order valence-corrected chi connectivity index (χ0v) is 13.7. The lowest BCUT2D eigenvalue weighted by Gasteiger charge is -2.38. The van der Waals surface area contributed by atoms with Crippen LogP contribution in [-0.2, 0) is 16.8 Å². The normalized spacial score (nSPS) is 26.6. The van der Waals surface area contributed by atoms with Crippen LogP contribution in [0.5, 0.6) is 0 Å². The van der Waals surface area contributed by atoms with Crippen LogP contribution in [0, 0.1) is 10.6 Å². The molecule has 2 rings (SSSR count). The maximum absolute atomic E-state index is 6.15. The van der Waals surface area contributed by atoms with Crippen molar-refractivity contribution >= 4 is 12.2 Å². The van der Waals surface area contributed by atoms with E-state index >= 15 is 0 Å². The van der Waals surface area contributed by atoms with Gasteiger partial charge in [0.1, 0.15) is 16.1 Å². The molecule has 4 heteroatoms. The summed E-state index contributed by atoms with van der Waals surface area (Å²) < 4.78 is 6.83. The molecule has 1 N–H and O–H groups in total. The Kier molecular flexibility index (Phi) is 5.33. The maximum Gasteiger partial charge on any atom is 0.140 e. The van der Waals surface area contributed by atoms with Crippen molar-refractivity contribution in [3.05, 3.63) is 22.2 Å². The quantitative estimate of drug-likeness (QED) is 0.811. The van der Waals surface area contributed by atoms with E-state index in [0.717, 1.165) is 37.4 Å². The van der Waals surface area contributed by atoms with Crippen LogP contribution in [0.4, 0.5) is 0 Å². The fourth-order valence-corrected chi connectivity index (χ4v) is 3.32. The molecule has 1 aromatic heterocycles. The summed E-state index contributed by atoms with van der Waals surface area (Å²) in [7, 11) is 0. The van der Waals surface area contributed by atoms with Crippen molar-refractivity contribution in [3.63, 3.8) is 0 Å². The van der Waals surface area contributed by atoms with E-state index < -0.39 is 0 Å². The van der Waals surface area contributed by atoms with Gasteiger partial charge in [-0.2, -0.15) is 0 Å². The summed E-state index contributed by atoms with van der Waals surface area (Å²) >= 11 is 5.34. The third-order valence-electron chi connectivity index (χ3n) is 4.25. The van der Waals surface area contributed by atoms with Crippen molar-refractivity contribution in [1.82, 2.24) is 9.97 Å². The molecule has 3 nitrogen and oxygen atoms in total. The topological polar surface area (TPSA) is 37.9 Å². The van der Waals surface area contributed by atoms with Gasteiger partial charge in [-0.15, -0.1) is 0 Å². The van der Waals surface area contributed by atoms with Gasteiger partial charge in [0.2, 0.25) is 0 Å². The Morgan fingerprint density at radius 3 is 2.70 bits per heavy atom. The van der Waals surface area contributed by atoms with Gasteiger partial charge in [0.15, 0.2) is 0 Å². The average molecular weight is 294 g/mol. The highest BCUT2D eigenvalue weighted by Gasteiger charge is 2.38. The van der Waals surface area contributed by atoms with Crippen LogP contribution in [0.2, 0.25) is 0 Å². The Morgan fingerprint density at radius 2 is 2.10 bits per heavy atom. The molecule has 0 saturated heterocycles. The number of hydrogen-bond donors (Lipinski definition) is 1.